The smallest absolute Gasteiger partial charge is 0.419 e. The lowest BCUT2D eigenvalue weighted by Crippen LogP contribution is -2.47. The first-order valence-electron chi connectivity index (χ1n) is 11.7. The van der Waals surface area contributed by atoms with Crippen molar-refractivity contribution in [3.63, 3.8) is 0 Å². The zero-order chi connectivity index (χ0) is 28.0. The summed E-state index contributed by atoms with van der Waals surface area (Å²) in [5.74, 6) is -0.0793. The number of carbonyl (C=O) groups is 2. The number of ether oxygens (including phenoxy) is 1. The molecule has 1 aliphatic heterocycles. The van der Waals surface area contributed by atoms with Crippen molar-refractivity contribution < 1.29 is 31.9 Å². The Kier molecular flexibility index (Phi) is 8.39. The molecule has 204 valence electrons. The van der Waals surface area contributed by atoms with Gasteiger partial charge in [0.05, 0.1) is 17.8 Å². The molecule has 2 amide bonds. The van der Waals surface area contributed by atoms with Crippen molar-refractivity contribution in [3.05, 3.63) is 78.1 Å². The molecule has 0 unspecified atom stereocenters. The molecule has 2 aromatic heterocycles. The zero-order valence-electron chi connectivity index (χ0n) is 20.7. The maximum absolute atomic E-state index is 12.7. The SMILES string of the molecule is Cn1ccc2cc(Oc3cc(CN4CCNC(=O)C4)ncn3)ccc21.O=CNc1ccc(F)c(C(F)(F)F)c1. The second-order valence-electron chi connectivity index (χ2n) is 8.61. The summed E-state index contributed by atoms with van der Waals surface area (Å²) in [4.78, 5) is 31.9. The fourth-order valence-corrected chi connectivity index (χ4v) is 3.92. The number of aromatic nitrogens is 3. The van der Waals surface area contributed by atoms with Crippen LogP contribution in [0.4, 0.5) is 23.2 Å². The molecule has 39 heavy (non-hydrogen) atoms. The second-order valence-corrected chi connectivity index (χ2v) is 8.61. The number of aryl methyl sites for hydroxylation is 1. The number of alkyl halides is 3. The number of benzene rings is 2. The summed E-state index contributed by atoms with van der Waals surface area (Å²) in [5.41, 5.74) is 0.484. The molecule has 4 aromatic rings. The lowest BCUT2D eigenvalue weighted by atomic mass is 10.2. The summed E-state index contributed by atoms with van der Waals surface area (Å²) in [5, 5.41) is 5.94. The number of rotatable bonds is 6. The number of hydrogen-bond donors (Lipinski definition) is 2. The van der Waals surface area contributed by atoms with E-state index in [9.17, 15) is 27.2 Å². The third kappa shape index (κ3) is 7.29. The Hall–Kier alpha value is -4.52. The molecule has 5 rings (SSSR count). The van der Waals surface area contributed by atoms with E-state index in [0.717, 1.165) is 35.0 Å². The van der Waals surface area contributed by atoms with Crippen molar-refractivity contribution in [3.8, 4) is 11.6 Å². The van der Waals surface area contributed by atoms with Crippen molar-refractivity contribution in [2.75, 3.05) is 25.0 Å². The fourth-order valence-electron chi connectivity index (χ4n) is 3.92. The predicted octanol–water partition coefficient (Wildman–Crippen LogP) is 4.11. The number of halogens is 4. The summed E-state index contributed by atoms with van der Waals surface area (Å²) in [6, 6.07) is 12.0. The van der Waals surface area contributed by atoms with E-state index in [1.54, 1.807) is 0 Å². The fraction of sp³-hybridized carbons (Fsp3) is 0.231. The topological polar surface area (TPSA) is 101 Å². The quantitative estimate of drug-likeness (QED) is 0.280. The normalized spacial score (nSPS) is 13.8. The highest BCUT2D eigenvalue weighted by Crippen LogP contribution is 2.32. The standard InChI is InChI=1S/C18H19N5O2.C8H5F4NO/c1-22-6-4-13-8-15(2-3-16(13)22)25-18-9-14(20-12-21-18)10-23-7-5-19-17(24)11-23;9-7-2-1-5(13-4-14)3-6(7)8(10,11)12/h2-4,6,8-9,12H,5,7,10-11H2,1H3,(H,19,24);1-4H,(H,13,14). The van der Waals surface area contributed by atoms with Crippen LogP contribution in [0.2, 0.25) is 0 Å². The number of carbonyl (C=O) groups excluding carboxylic acids is 2. The van der Waals surface area contributed by atoms with E-state index in [2.05, 4.69) is 30.8 Å². The molecule has 0 saturated carbocycles. The lowest BCUT2D eigenvalue weighted by Gasteiger charge is -2.25. The van der Waals surface area contributed by atoms with Crippen molar-refractivity contribution in [1.29, 1.82) is 0 Å². The minimum Gasteiger partial charge on any atom is -0.439 e. The molecule has 0 radical (unpaired) electrons. The minimum absolute atomic E-state index is 0.0490. The first-order chi connectivity index (χ1) is 18.6. The second kappa shape index (κ2) is 11.9. The molecular formula is C26H24F4N6O3. The van der Waals surface area contributed by atoms with Crippen LogP contribution < -0.4 is 15.4 Å². The molecule has 2 N–H and O–H groups in total. The highest BCUT2D eigenvalue weighted by molar-refractivity contribution is 5.81. The summed E-state index contributed by atoms with van der Waals surface area (Å²) in [6.45, 7) is 2.48. The van der Waals surface area contributed by atoms with E-state index >= 15 is 0 Å². The number of anilines is 1. The highest BCUT2D eigenvalue weighted by Gasteiger charge is 2.34. The average Bonchev–Trinajstić information content (AvgIpc) is 3.25. The number of nitrogens with one attached hydrogen (secondary N) is 2. The number of fused-ring (bicyclic) bond motifs is 1. The van der Waals surface area contributed by atoms with Gasteiger partial charge in [0.25, 0.3) is 0 Å². The van der Waals surface area contributed by atoms with Gasteiger partial charge in [0.15, 0.2) is 0 Å². The maximum Gasteiger partial charge on any atom is 0.419 e. The molecule has 0 aliphatic carbocycles. The maximum atomic E-state index is 12.7. The Bertz CT molecular complexity index is 1470. The van der Waals surface area contributed by atoms with Crippen LogP contribution in [-0.2, 0) is 29.4 Å². The van der Waals surface area contributed by atoms with E-state index in [1.807, 2.05) is 42.8 Å². The van der Waals surface area contributed by atoms with Gasteiger partial charge in [0.1, 0.15) is 17.9 Å². The largest absolute Gasteiger partial charge is 0.439 e. The number of hydrogen-bond acceptors (Lipinski definition) is 6. The first-order valence-corrected chi connectivity index (χ1v) is 11.7. The van der Waals surface area contributed by atoms with Crippen LogP contribution >= 0.6 is 0 Å². The molecule has 13 heteroatoms. The summed E-state index contributed by atoms with van der Waals surface area (Å²) < 4.78 is 57.0. The molecule has 9 nitrogen and oxygen atoms in total. The Morgan fingerprint density at radius 2 is 1.95 bits per heavy atom. The van der Waals surface area contributed by atoms with Gasteiger partial charge in [-0.15, -0.1) is 0 Å². The molecule has 0 spiro atoms. The van der Waals surface area contributed by atoms with Crippen molar-refractivity contribution >= 4 is 28.9 Å². The summed E-state index contributed by atoms with van der Waals surface area (Å²) >= 11 is 0. The number of amides is 2. The Balaban J connectivity index is 0.000000215. The molecule has 1 saturated heterocycles. The van der Waals surface area contributed by atoms with Gasteiger partial charge in [0, 0.05) is 55.5 Å². The van der Waals surface area contributed by atoms with Gasteiger partial charge >= 0.3 is 6.18 Å². The lowest BCUT2D eigenvalue weighted by molar-refractivity contribution is -0.140. The number of piperazine rings is 1. The molecule has 3 heterocycles. The van der Waals surface area contributed by atoms with E-state index in [-0.39, 0.29) is 18.0 Å². The van der Waals surface area contributed by atoms with Gasteiger partial charge in [-0.3, -0.25) is 14.5 Å². The van der Waals surface area contributed by atoms with Crippen molar-refractivity contribution in [2.45, 2.75) is 12.7 Å². The van der Waals surface area contributed by atoms with Crippen LogP contribution in [0.5, 0.6) is 11.6 Å². The Labute approximate surface area is 220 Å². The van der Waals surface area contributed by atoms with E-state index < -0.39 is 17.6 Å². The molecule has 2 aromatic carbocycles. The van der Waals surface area contributed by atoms with Crippen LogP contribution in [0.15, 0.2) is 61.1 Å². The minimum atomic E-state index is -4.76. The molecule has 1 fully saturated rings. The molecule has 1 aliphatic rings. The van der Waals surface area contributed by atoms with Crippen LogP contribution in [0.25, 0.3) is 10.9 Å². The van der Waals surface area contributed by atoms with Gasteiger partial charge in [0.2, 0.25) is 18.2 Å². The molecule has 0 bridgehead atoms. The molecule has 0 atom stereocenters. The van der Waals surface area contributed by atoms with Crippen LogP contribution in [0.3, 0.4) is 0 Å². The Morgan fingerprint density at radius 1 is 1.13 bits per heavy atom. The van der Waals surface area contributed by atoms with Gasteiger partial charge in [-0.05, 0) is 42.5 Å². The summed E-state index contributed by atoms with van der Waals surface area (Å²) in [6.07, 6.45) is -1.03. The van der Waals surface area contributed by atoms with E-state index in [0.29, 0.717) is 37.6 Å². The zero-order valence-corrected chi connectivity index (χ0v) is 20.7. The van der Waals surface area contributed by atoms with Gasteiger partial charge in [-0.25, -0.2) is 14.4 Å². The monoisotopic (exact) mass is 544 g/mol. The van der Waals surface area contributed by atoms with E-state index in [1.165, 1.54) is 6.33 Å². The molecular weight excluding hydrogens is 520 g/mol. The van der Waals surface area contributed by atoms with Crippen molar-refractivity contribution in [2.24, 2.45) is 7.05 Å². The average molecular weight is 545 g/mol. The van der Waals surface area contributed by atoms with Gasteiger partial charge in [-0.1, -0.05) is 0 Å². The van der Waals surface area contributed by atoms with Crippen LogP contribution in [-0.4, -0.2) is 51.4 Å². The van der Waals surface area contributed by atoms with Crippen LogP contribution in [0.1, 0.15) is 11.3 Å². The number of nitrogens with zero attached hydrogens (tertiary/aromatic N) is 4. The van der Waals surface area contributed by atoms with Crippen LogP contribution in [0, 0.1) is 5.82 Å². The third-order valence-electron chi connectivity index (χ3n) is 5.78. The van der Waals surface area contributed by atoms with E-state index in [4.69, 9.17) is 4.74 Å². The van der Waals surface area contributed by atoms with Gasteiger partial charge in [-0.2, -0.15) is 13.2 Å². The summed E-state index contributed by atoms with van der Waals surface area (Å²) in [7, 11) is 2.01. The third-order valence-corrected chi connectivity index (χ3v) is 5.78. The van der Waals surface area contributed by atoms with Crippen molar-refractivity contribution in [1.82, 2.24) is 24.8 Å². The van der Waals surface area contributed by atoms with Gasteiger partial charge < -0.3 is 19.9 Å². The highest BCUT2D eigenvalue weighted by atomic mass is 19.4. The first kappa shape index (κ1) is 27.5. The Morgan fingerprint density at radius 3 is 2.69 bits per heavy atom. The predicted molar refractivity (Wildman–Crippen MR) is 134 cm³/mol.